The van der Waals surface area contributed by atoms with Gasteiger partial charge in [0.2, 0.25) is 0 Å². The largest absolute Gasteiger partial charge is 0.492 e. The Labute approximate surface area is 173 Å². The lowest BCUT2D eigenvalue weighted by atomic mass is 10.1. The van der Waals surface area contributed by atoms with Crippen LogP contribution >= 0.6 is 15.9 Å². The molecule has 0 aliphatic heterocycles. The zero-order valence-corrected chi connectivity index (χ0v) is 17.7. The topological polar surface area (TPSA) is 76.7 Å². The van der Waals surface area contributed by atoms with Gasteiger partial charge in [-0.1, -0.05) is 19.1 Å². The van der Waals surface area contributed by atoms with E-state index in [1.807, 2.05) is 6.92 Å². The van der Waals surface area contributed by atoms with Crippen molar-refractivity contribution in [2.75, 3.05) is 32.2 Å². The summed E-state index contributed by atoms with van der Waals surface area (Å²) in [7, 11) is 1.62. The first-order chi connectivity index (χ1) is 13.6. The summed E-state index contributed by atoms with van der Waals surface area (Å²) in [6, 6.07) is 12.1. The quantitative estimate of drug-likeness (QED) is 0.532. The van der Waals surface area contributed by atoms with Crippen LogP contribution in [0.15, 0.2) is 46.9 Å². The molecule has 2 aromatic carbocycles. The van der Waals surface area contributed by atoms with Crippen LogP contribution in [0, 0.1) is 0 Å². The number of carbonyl (C=O) groups is 2. The van der Waals surface area contributed by atoms with E-state index in [0.717, 1.165) is 12.8 Å². The van der Waals surface area contributed by atoms with Gasteiger partial charge in [0.05, 0.1) is 22.3 Å². The molecule has 0 aliphatic carbocycles. The summed E-state index contributed by atoms with van der Waals surface area (Å²) in [6.45, 7) is 3.71. The lowest BCUT2D eigenvalue weighted by Gasteiger charge is -2.12. The lowest BCUT2D eigenvalue weighted by molar-refractivity contribution is 0.0949. The van der Waals surface area contributed by atoms with Crippen molar-refractivity contribution in [2.24, 2.45) is 0 Å². The van der Waals surface area contributed by atoms with Gasteiger partial charge in [-0.3, -0.25) is 9.59 Å². The third-order valence-corrected chi connectivity index (χ3v) is 4.51. The summed E-state index contributed by atoms with van der Waals surface area (Å²) in [6.07, 6.45) is 1.62. The molecule has 2 N–H and O–H groups in total. The summed E-state index contributed by atoms with van der Waals surface area (Å²) < 4.78 is 11.3. The molecule has 0 saturated carbocycles. The van der Waals surface area contributed by atoms with Gasteiger partial charge in [-0.25, -0.2) is 0 Å². The number of carbonyl (C=O) groups excluding carboxylic acids is 2. The number of hydrogen-bond donors (Lipinski definition) is 2. The van der Waals surface area contributed by atoms with E-state index in [9.17, 15) is 9.59 Å². The first kappa shape index (κ1) is 21.9. The first-order valence-corrected chi connectivity index (χ1v) is 9.96. The number of benzene rings is 2. The molecule has 0 atom stereocenters. The summed E-state index contributed by atoms with van der Waals surface area (Å²) >= 11 is 3.43. The van der Waals surface area contributed by atoms with Gasteiger partial charge in [0.1, 0.15) is 5.75 Å². The monoisotopic (exact) mass is 448 g/mol. The molecule has 0 heterocycles. The molecule has 0 spiro atoms. The normalized spacial score (nSPS) is 10.4. The van der Waals surface area contributed by atoms with E-state index < -0.39 is 0 Å². The Bertz CT molecular complexity index is 811. The smallest absolute Gasteiger partial charge is 0.255 e. The van der Waals surface area contributed by atoms with E-state index >= 15 is 0 Å². The number of halogens is 1. The molecule has 0 radical (unpaired) electrons. The van der Waals surface area contributed by atoms with Crippen molar-refractivity contribution in [3.8, 4) is 5.75 Å². The Balaban J connectivity index is 2.08. The van der Waals surface area contributed by atoms with E-state index in [-0.39, 0.29) is 11.8 Å². The van der Waals surface area contributed by atoms with Crippen molar-refractivity contribution in [3.05, 3.63) is 58.1 Å². The molecule has 0 aliphatic rings. The highest BCUT2D eigenvalue weighted by Crippen LogP contribution is 2.27. The number of nitrogens with one attached hydrogen (secondary N) is 2. The number of methoxy groups -OCH3 is 1. The van der Waals surface area contributed by atoms with Crippen LogP contribution in [0.1, 0.15) is 40.5 Å². The zero-order valence-electron chi connectivity index (χ0n) is 16.1. The number of hydrogen-bond acceptors (Lipinski definition) is 4. The molecule has 28 heavy (non-hydrogen) atoms. The molecular formula is C21H25BrN2O4. The summed E-state index contributed by atoms with van der Waals surface area (Å²) in [5.74, 6) is 0.146. The Morgan fingerprint density at radius 2 is 1.86 bits per heavy atom. The summed E-state index contributed by atoms with van der Waals surface area (Å²) in [5.41, 5.74) is 1.33. The van der Waals surface area contributed by atoms with Gasteiger partial charge in [-0.15, -0.1) is 0 Å². The Morgan fingerprint density at radius 1 is 1.07 bits per heavy atom. The van der Waals surface area contributed by atoms with Gasteiger partial charge < -0.3 is 20.1 Å². The molecule has 0 unspecified atom stereocenters. The predicted octanol–water partition coefficient (Wildman–Crippen LogP) is 4.26. The van der Waals surface area contributed by atoms with Gasteiger partial charge in [0.25, 0.3) is 11.8 Å². The number of anilines is 1. The van der Waals surface area contributed by atoms with Crippen LogP contribution in [0.2, 0.25) is 0 Å². The van der Waals surface area contributed by atoms with E-state index in [4.69, 9.17) is 9.47 Å². The van der Waals surface area contributed by atoms with Gasteiger partial charge >= 0.3 is 0 Å². The maximum atomic E-state index is 12.6. The Hall–Kier alpha value is -2.38. The van der Waals surface area contributed by atoms with Gasteiger partial charge in [-0.05, 0) is 59.1 Å². The average molecular weight is 449 g/mol. The fraction of sp³-hybridized carbons (Fsp3) is 0.333. The zero-order chi connectivity index (χ0) is 20.4. The number of rotatable bonds is 10. The summed E-state index contributed by atoms with van der Waals surface area (Å²) in [4.78, 5) is 25.1. The standard InChI is InChI=1S/C21H25BrN2O4/c1-3-12-28-19-10-9-15(14-17(19)22)20(25)24-18-8-5-4-7-16(18)21(26)23-11-6-13-27-2/h4-5,7-10,14H,3,6,11-13H2,1-2H3,(H,23,26)(H,24,25). The second-order valence-corrected chi connectivity index (χ2v) is 6.95. The maximum Gasteiger partial charge on any atom is 0.255 e. The molecule has 2 rings (SSSR count). The van der Waals surface area contributed by atoms with Crippen LogP contribution < -0.4 is 15.4 Å². The van der Waals surface area contributed by atoms with Crippen LogP contribution in [-0.4, -0.2) is 38.7 Å². The van der Waals surface area contributed by atoms with E-state index in [1.54, 1.807) is 49.6 Å². The fourth-order valence-corrected chi connectivity index (χ4v) is 2.96. The molecule has 7 heteroatoms. The van der Waals surface area contributed by atoms with E-state index in [1.165, 1.54) is 0 Å². The SMILES string of the molecule is CCCOc1ccc(C(=O)Nc2ccccc2C(=O)NCCCOC)cc1Br. The number of ether oxygens (including phenoxy) is 2. The van der Waals surface area contributed by atoms with Gasteiger partial charge in [0.15, 0.2) is 0 Å². The first-order valence-electron chi connectivity index (χ1n) is 9.16. The second-order valence-electron chi connectivity index (χ2n) is 6.10. The average Bonchev–Trinajstić information content (AvgIpc) is 2.70. The molecule has 0 bridgehead atoms. The number of amides is 2. The van der Waals surface area contributed by atoms with Crippen molar-refractivity contribution < 1.29 is 19.1 Å². The molecule has 2 amide bonds. The van der Waals surface area contributed by atoms with Gasteiger partial charge in [-0.2, -0.15) is 0 Å². The molecular weight excluding hydrogens is 424 g/mol. The lowest BCUT2D eigenvalue weighted by Crippen LogP contribution is -2.26. The van der Waals surface area contributed by atoms with Crippen molar-refractivity contribution in [1.82, 2.24) is 5.32 Å². The predicted molar refractivity (Wildman–Crippen MR) is 113 cm³/mol. The van der Waals surface area contributed by atoms with Gasteiger partial charge in [0, 0.05) is 25.8 Å². The summed E-state index contributed by atoms with van der Waals surface area (Å²) in [5, 5.41) is 5.64. The molecule has 150 valence electrons. The molecule has 0 saturated heterocycles. The highest BCUT2D eigenvalue weighted by molar-refractivity contribution is 9.10. The third-order valence-electron chi connectivity index (χ3n) is 3.89. The Kier molecular flexibility index (Phi) is 8.97. The second kappa shape index (κ2) is 11.5. The third kappa shape index (κ3) is 6.35. The van der Waals surface area contributed by atoms with E-state index in [0.29, 0.717) is 46.8 Å². The molecule has 6 nitrogen and oxygen atoms in total. The van der Waals surface area contributed by atoms with Crippen LogP contribution in [-0.2, 0) is 4.74 Å². The molecule has 0 fully saturated rings. The van der Waals surface area contributed by atoms with Crippen molar-refractivity contribution in [1.29, 1.82) is 0 Å². The van der Waals surface area contributed by atoms with Crippen LogP contribution in [0.4, 0.5) is 5.69 Å². The fourth-order valence-electron chi connectivity index (χ4n) is 2.47. The van der Waals surface area contributed by atoms with E-state index in [2.05, 4.69) is 26.6 Å². The van der Waals surface area contributed by atoms with Crippen molar-refractivity contribution in [2.45, 2.75) is 19.8 Å². The van der Waals surface area contributed by atoms with Crippen molar-refractivity contribution >= 4 is 33.4 Å². The van der Waals surface area contributed by atoms with Crippen LogP contribution in [0.5, 0.6) is 5.75 Å². The minimum absolute atomic E-state index is 0.239. The maximum absolute atomic E-state index is 12.6. The number of para-hydroxylation sites is 1. The molecule has 0 aromatic heterocycles. The molecule has 2 aromatic rings. The van der Waals surface area contributed by atoms with Crippen LogP contribution in [0.25, 0.3) is 0 Å². The minimum Gasteiger partial charge on any atom is -0.492 e. The van der Waals surface area contributed by atoms with Crippen molar-refractivity contribution in [3.63, 3.8) is 0 Å². The minimum atomic E-state index is -0.303. The highest BCUT2D eigenvalue weighted by Gasteiger charge is 2.15. The highest BCUT2D eigenvalue weighted by atomic mass is 79.9. The Morgan fingerprint density at radius 3 is 2.57 bits per heavy atom. The van der Waals surface area contributed by atoms with Crippen LogP contribution in [0.3, 0.4) is 0 Å².